The summed E-state index contributed by atoms with van der Waals surface area (Å²) in [4.78, 5) is 12.0. The van der Waals surface area contributed by atoms with E-state index in [1.807, 2.05) is 32.0 Å². The van der Waals surface area contributed by atoms with Crippen LogP contribution in [0.25, 0.3) is 0 Å². The first-order valence-corrected chi connectivity index (χ1v) is 10.1. The van der Waals surface area contributed by atoms with Crippen molar-refractivity contribution in [3.8, 4) is 0 Å². The summed E-state index contributed by atoms with van der Waals surface area (Å²) in [5, 5.41) is 2.72. The molecule has 0 bridgehead atoms. The van der Waals surface area contributed by atoms with Crippen LogP contribution in [0.3, 0.4) is 0 Å². The maximum atomic E-state index is 12.9. The Labute approximate surface area is 153 Å². The number of sulfonamides is 1. The number of anilines is 1. The number of carbonyl (C=O) groups is 1. The van der Waals surface area contributed by atoms with Gasteiger partial charge in [-0.3, -0.25) is 9.10 Å². The van der Waals surface area contributed by atoms with Gasteiger partial charge in [-0.25, -0.2) is 12.8 Å². The van der Waals surface area contributed by atoms with Crippen molar-refractivity contribution in [2.45, 2.75) is 20.3 Å². The fourth-order valence-electron chi connectivity index (χ4n) is 2.79. The highest BCUT2D eigenvalue weighted by atomic mass is 32.2. The summed E-state index contributed by atoms with van der Waals surface area (Å²) in [5.74, 6) is -0.599. The molecule has 0 aliphatic rings. The predicted molar refractivity (Wildman–Crippen MR) is 101 cm³/mol. The maximum absolute atomic E-state index is 12.9. The molecule has 2 rings (SSSR count). The van der Waals surface area contributed by atoms with Crippen molar-refractivity contribution < 1.29 is 17.6 Å². The summed E-state index contributed by atoms with van der Waals surface area (Å²) >= 11 is 0. The highest BCUT2D eigenvalue weighted by Crippen LogP contribution is 2.26. The van der Waals surface area contributed by atoms with Gasteiger partial charge >= 0.3 is 0 Å². The third-order valence-electron chi connectivity index (χ3n) is 4.00. The van der Waals surface area contributed by atoms with Crippen molar-refractivity contribution in [3.63, 3.8) is 0 Å². The van der Waals surface area contributed by atoms with E-state index in [2.05, 4.69) is 5.32 Å². The van der Waals surface area contributed by atoms with Gasteiger partial charge in [0.2, 0.25) is 15.9 Å². The predicted octanol–water partition coefficient (Wildman–Crippen LogP) is 2.57. The number of para-hydroxylation sites is 1. The fourth-order valence-corrected chi connectivity index (χ4v) is 3.83. The molecule has 0 heterocycles. The summed E-state index contributed by atoms with van der Waals surface area (Å²) in [6, 6.07) is 11.3. The van der Waals surface area contributed by atoms with E-state index in [1.54, 1.807) is 12.1 Å². The number of carbonyl (C=O) groups excluding carboxylic acids is 1. The molecule has 1 N–H and O–H groups in total. The second-order valence-corrected chi connectivity index (χ2v) is 8.14. The van der Waals surface area contributed by atoms with Crippen LogP contribution in [-0.2, 0) is 21.2 Å². The van der Waals surface area contributed by atoms with E-state index in [1.165, 1.54) is 16.4 Å². The van der Waals surface area contributed by atoms with Crippen molar-refractivity contribution in [2.24, 2.45) is 0 Å². The Balaban J connectivity index is 2.02. The largest absolute Gasteiger partial charge is 0.354 e. The van der Waals surface area contributed by atoms with Gasteiger partial charge in [-0.1, -0.05) is 30.3 Å². The first kappa shape index (κ1) is 19.9. The Morgan fingerprint density at radius 2 is 1.65 bits per heavy atom. The lowest BCUT2D eigenvalue weighted by atomic mass is 10.1. The molecule has 0 spiro atoms. The molecule has 0 aliphatic heterocycles. The van der Waals surface area contributed by atoms with E-state index in [9.17, 15) is 17.6 Å². The van der Waals surface area contributed by atoms with E-state index in [-0.39, 0.29) is 31.2 Å². The Hall–Kier alpha value is -2.41. The number of halogens is 1. The molecule has 0 aliphatic carbocycles. The molecule has 2 aromatic carbocycles. The van der Waals surface area contributed by atoms with Gasteiger partial charge in [0.15, 0.2) is 0 Å². The van der Waals surface area contributed by atoms with E-state index in [4.69, 9.17) is 0 Å². The van der Waals surface area contributed by atoms with Gasteiger partial charge in [-0.15, -0.1) is 0 Å². The van der Waals surface area contributed by atoms with Crippen LogP contribution in [0.15, 0.2) is 42.5 Å². The molecule has 0 atom stereocenters. The lowest BCUT2D eigenvalue weighted by Gasteiger charge is -2.26. The first-order valence-electron chi connectivity index (χ1n) is 8.23. The zero-order chi connectivity index (χ0) is 19.3. The van der Waals surface area contributed by atoms with Crippen molar-refractivity contribution in [1.82, 2.24) is 5.32 Å². The third kappa shape index (κ3) is 5.29. The molecule has 1 amide bonds. The summed E-state index contributed by atoms with van der Waals surface area (Å²) < 4.78 is 38.6. The van der Waals surface area contributed by atoms with Gasteiger partial charge in [0.1, 0.15) is 5.82 Å². The second kappa shape index (κ2) is 8.31. The van der Waals surface area contributed by atoms with Crippen molar-refractivity contribution in [3.05, 3.63) is 65.0 Å². The lowest BCUT2D eigenvalue weighted by Crippen LogP contribution is -2.39. The van der Waals surface area contributed by atoms with Gasteiger partial charge in [-0.2, -0.15) is 0 Å². The smallest absolute Gasteiger partial charge is 0.232 e. The Morgan fingerprint density at radius 3 is 2.19 bits per heavy atom. The minimum Gasteiger partial charge on any atom is -0.354 e. The van der Waals surface area contributed by atoms with Gasteiger partial charge in [0, 0.05) is 6.54 Å². The monoisotopic (exact) mass is 378 g/mol. The van der Waals surface area contributed by atoms with Crippen LogP contribution in [0.2, 0.25) is 0 Å². The fraction of sp³-hybridized carbons (Fsp3) is 0.316. The third-order valence-corrected chi connectivity index (χ3v) is 5.17. The molecule has 5 nitrogen and oxygen atoms in total. The van der Waals surface area contributed by atoms with Crippen LogP contribution >= 0.6 is 0 Å². The number of rotatable bonds is 7. The van der Waals surface area contributed by atoms with Crippen molar-refractivity contribution in [2.75, 3.05) is 23.7 Å². The quantitative estimate of drug-likeness (QED) is 0.805. The number of nitrogens with zero attached hydrogens (tertiary/aromatic N) is 1. The molecule has 0 saturated heterocycles. The topological polar surface area (TPSA) is 66.5 Å². The highest BCUT2D eigenvalue weighted by molar-refractivity contribution is 7.92. The summed E-state index contributed by atoms with van der Waals surface area (Å²) in [6.45, 7) is 4.03. The number of hydrogen-bond donors (Lipinski definition) is 1. The molecule has 0 radical (unpaired) electrons. The summed E-state index contributed by atoms with van der Waals surface area (Å²) in [6.07, 6.45) is 1.27. The SMILES string of the molecule is Cc1cccc(C)c1N(CCNC(=O)Cc1ccc(F)cc1)S(C)(=O)=O. The highest BCUT2D eigenvalue weighted by Gasteiger charge is 2.20. The van der Waals surface area contributed by atoms with E-state index in [0.29, 0.717) is 11.3 Å². The molecule has 2 aromatic rings. The number of aryl methyl sites for hydroxylation is 2. The average molecular weight is 378 g/mol. The zero-order valence-corrected chi connectivity index (χ0v) is 15.9. The molecule has 0 saturated carbocycles. The average Bonchev–Trinajstić information content (AvgIpc) is 2.54. The normalized spacial score (nSPS) is 11.2. The van der Waals surface area contributed by atoms with Gasteiger partial charge < -0.3 is 5.32 Å². The minimum absolute atomic E-state index is 0.114. The summed E-state index contributed by atoms with van der Waals surface area (Å²) in [5.41, 5.74) is 3.04. The van der Waals surface area contributed by atoms with Crippen LogP contribution in [0, 0.1) is 19.7 Å². The van der Waals surface area contributed by atoms with Crippen molar-refractivity contribution >= 4 is 21.6 Å². The van der Waals surface area contributed by atoms with E-state index >= 15 is 0 Å². The molecular weight excluding hydrogens is 355 g/mol. The lowest BCUT2D eigenvalue weighted by molar-refractivity contribution is -0.120. The molecule has 7 heteroatoms. The standard InChI is InChI=1S/C19H23FN2O3S/c1-14-5-4-6-15(2)19(14)22(26(3,24)25)12-11-21-18(23)13-16-7-9-17(20)10-8-16/h4-10H,11-13H2,1-3H3,(H,21,23). The summed E-state index contributed by atoms with van der Waals surface area (Å²) in [7, 11) is -3.48. The molecule has 26 heavy (non-hydrogen) atoms. The number of benzene rings is 2. The minimum atomic E-state index is -3.48. The Morgan fingerprint density at radius 1 is 1.08 bits per heavy atom. The maximum Gasteiger partial charge on any atom is 0.232 e. The number of amides is 1. The van der Waals surface area contributed by atoms with E-state index in [0.717, 1.165) is 17.4 Å². The Bertz CT molecular complexity index is 860. The number of nitrogens with one attached hydrogen (secondary N) is 1. The zero-order valence-electron chi connectivity index (χ0n) is 15.1. The van der Waals surface area contributed by atoms with E-state index < -0.39 is 10.0 Å². The van der Waals surface area contributed by atoms with Crippen LogP contribution in [-0.4, -0.2) is 33.7 Å². The van der Waals surface area contributed by atoms with Crippen LogP contribution in [0.5, 0.6) is 0 Å². The van der Waals surface area contributed by atoms with Crippen LogP contribution in [0.4, 0.5) is 10.1 Å². The van der Waals surface area contributed by atoms with Crippen LogP contribution < -0.4 is 9.62 Å². The molecule has 0 aromatic heterocycles. The Kier molecular flexibility index (Phi) is 6.37. The number of hydrogen-bond acceptors (Lipinski definition) is 3. The molecule has 140 valence electrons. The molecule has 0 fully saturated rings. The van der Waals surface area contributed by atoms with Gasteiger partial charge in [0.05, 0.1) is 24.9 Å². The first-order chi connectivity index (χ1) is 12.2. The molecule has 0 unspecified atom stereocenters. The molecular formula is C19H23FN2O3S. The van der Waals surface area contributed by atoms with Crippen molar-refractivity contribution in [1.29, 1.82) is 0 Å². The second-order valence-electron chi connectivity index (χ2n) is 6.23. The van der Waals surface area contributed by atoms with Gasteiger partial charge in [-0.05, 0) is 42.7 Å². The van der Waals surface area contributed by atoms with Gasteiger partial charge in [0.25, 0.3) is 0 Å². The van der Waals surface area contributed by atoms with Crippen LogP contribution in [0.1, 0.15) is 16.7 Å².